The lowest BCUT2D eigenvalue weighted by atomic mass is 9.91. The molecular weight excluding hydrogens is 336 g/mol. The summed E-state index contributed by atoms with van der Waals surface area (Å²) in [5.74, 6) is 3.55. The van der Waals surface area contributed by atoms with Crippen LogP contribution in [0, 0.1) is 12.3 Å². The van der Waals surface area contributed by atoms with Gasteiger partial charge in [0.1, 0.15) is 0 Å². The van der Waals surface area contributed by atoms with Crippen molar-refractivity contribution in [3.8, 4) is 12.3 Å². The third-order valence-electron chi connectivity index (χ3n) is 5.66. The van der Waals surface area contributed by atoms with Crippen LogP contribution in [0.1, 0.15) is 65.5 Å². The SMILES string of the molecule is C#Cc1ccc(C2CC(O)CC(CO)O2)cc1Cc1ccc(C2CC2)cc1. The molecule has 1 saturated carbocycles. The molecule has 2 aliphatic rings. The summed E-state index contributed by atoms with van der Waals surface area (Å²) in [6, 6.07) is 14.9. The fourth-order valence-corrected chi connectivity index (χ4v) is 3.97. The minimum Gasteiger partial charge on any atom is -0.394 e. The zero-order valence-electron chi connectivity index (χ0n) is 15.5. The molecule has 2 N–H and O–H groups in total. The second-order valence-electron chi connectivity index (χ2n) is 7.81. The van der Waals surface area contributed by atoms with Gasteiger partial charge in [-0.05, 0) is 53.5 Å². The van der Waals surface area contributed by atoms with Crippen molar-refractivity contribution in [2.45, 2.75) is 56.3 Å². The van der Waals surface area contributed by atoms with Crippen LogP contribution in [-0.4, -0.2) is 29.0 Å². The predicted molar refractivity (Wildman–Crippen MR) is 106 cm³/mol. The van der Waals surface area contributed by atoms with E-state index in [1.807, 2.05) is 12.1 Å². The second-order valence-corrected chi connectivity index (χ2v) is 7.81. The Morgan fingerprint density at radius 3 is 2.44 bits per heavy atom. The second kappa shape index (κ2) is 7.86. The highest BCUT2D eigenvalue weighted by atomic mass is 16.5. The highest BCUT2D eigenvalue weighted by Crippen LogP contribution is 2.40. The Labute approximate surface area is 161 Å². The smallest absolute Gasteiger partial charge is 0.0854 e. The molecule has 2 aromatic carbocycles. The lowest BCUT2D eigenvalue weighted by molar-refractivity contribution is -0.113. The van der Waals surface area contributed by atoms with Crippen LogP contribution in [0.15, 0.2) is 42.5 Å². The van der Waals surface area contributed by atoms with Crippen LogP contribution in [-0.2, 0) is 11.2 Å². The Hall–Kier alpha value is -2.12. The van der Waals surface area contributed by atoms with Gasteiger partial charge in [-0.1, -0.05) is 42.3 Å². The average molecular weight is 362 g/mol. The first kappa shape index (κ1) is 18.3. The highest BCUT2D eigenvalue weighted by molar-refractivity contribution is 5.45. The molecule has 3 unspecified atom stereocenters. The predicted octanol–water partition coefficient (Wildman–Crippen LogP) is 3.71. The molecule has 0 radical (unpaired) electrons. The van der Waals surface area contributed by atoms with Gasteiger partial charge in [-0.15, -0.1) is 6.42 Å². The standard InChI is InChI=1S/C24H26O3/c1-2-17-7-10-20(24-14-22(26)13-23(15-25)27-24)12-21(17)11-16-3-5-18(6-4-16)19-8-9-19/h1,3-7,10,12,19,22-26H,8-9,11,13-15H2. The van der Waals surface area contributed by atoms with Crippen LogP contribution in [0.5, 0.6) is 0 Å². The molecule has 0 amide bonds. The number of hydrogen-bond acceptors (Lipinski definition) is 3. The number of benzene rings is 2. The van der Waals surface area contributed by atoms with Gasteiger partial charge in [-0.3, -0.25) is 0 Å². The quantitative estimate of drug-likeness (QED) is 0.797. The largest absolute Gasteiger partial charge is 0.394 e. The molecule has 27 heavy (non-hydrogen) atoms. The van der Waals surface area contributed by atoms with E-state index in [0.717, 1.165) is 29.0 Å². The topological polar surface area (TPSA) is 49.7 Å². The molecule has 0 aromatic heterocycles. The van der Waals surface area contributed by atoms with Crippen molar-refractivity contribution in [1.29, 1.82) is 0 Å². The van der Waals surface area contributed by atoms with Crippen LogP contribution in [0.2, 0.25) is 0 Å². The molecular formula is C24H26O3. The number of aliphatic hydroxyl groups excluding tert-OH is 2. The number of aliphatic hydroxyl groups is 2. The van der Waals surface area contributed by atoms with Gasteiger partial charge in [-0.2, -0.15) is 0 Å². The van der Waals surface area contributed by atoms with E-state index >= 15 is 0 Å². The summed E-state index contributed by atoms with van der Waals surface area (Å²) < 4.78 is 5.96. The van der Waals surface area contributed by atoms with Crippen LogP contribution in [0.25, 0.3) is 0 Å². The Morgan fingerprint density at radius 1 is 1.04 bits per heavy atom. The molecule has 1 aliphatic heterocycles. The van der Waals surface area contributed by atoms with E-state index in [4.69, 9.17) is 11.2 Å². The van der Waals surface area contributed by atoms with Gasteiger partial charge in [0.25, 0.3) is 0 Å². The Balaban J connectivity index is 1.56. The number of terminal acetylenes is 1. The van der Waals surface area contributed by atoms with Crippen molar-refractivity contribution >= 4 is 0 Å². The Morgan fingerprint density at radius 2 is 1.78 bits per heavy atom. The van der Waals surface area contributed by atoms with Crippen LogP contribution >= 0.6 is 0 Å². The van der Waals surface area contributed by atoms with Gasteiger partial charge in [0.15, 0.2) is 0 Å². The van der Waals surface area contributed by atoms with E-state index in [1.54, 1.807) is 0 Å². The number of ether oxygens (including phenoxy) is 1. The first-order valence-corrected chi connectivity index (χ1v) is 9.79. The average Bonchev–Trinajstić information content (AvgIpc) is 3.53. The van der Waals surface area contributed by atoms with E-state index in [9.17, 15) is 10.2 Å². The van der Waals surface area contributed by atoms with E-state index < -0.39 is 6.10 Å². The maximum Gasteiger partial charge on any atom is 0.0854 e. The first-order valence-electron chi connectivity index (χ1n) is 9.79. The molecule has 3 heteroatoms. The van der Waals surface area contributed by atoms with Crippen molar-refractivity contribution < 1.29 is 14.9 Å². The molecule has 3 nitrogen and oxygen atoms in total. The summed E-state index contributed by atoms with van der Waals surface area (Å²) in [7, 11) is 0. The van der Waals surface area contributed by atoms with Crippen LogP contribution < -0.4 is 0 Å². The molecule has 3 atom stereocenters. The van der Waals surface area contributed by atoms with E-state index in [1.165, 1.54) is 24.0 Å². The zero-order chi connectivity index (χ0) is 18.8. The Bertz CT molecular complexity index is 830. The zero-order valence-corrected chi connectivity index (χ0v) is 15.5. The molecule has 4 rings (SSSR count). The van der Waals surface area contributed by atoms with Gasteiger partial charge in [0, 0.05) is 18.4 Å². The van der Waals surface area contributed by atoms with E-state index in [2.05, 4.69) is 36.3 Å². The highest BCUT2D eigenvalue weighted by Gasteiger charge is 2.29. The van der Waals surface area contributed by atoms with Crippen molar-refractivity contribution in [3.63, 3.8) is 0 Å². The van der Waals surface area contributed by atoms with E-state index in [0.29, 0.717) is 12.8 Å². The normalized spacial score (nSPS) is 25.1. The maximum absolute atomic E-state index is 10.1. The summed E-state index contributed by atoms with van der Waals surface area (Å²) in [4.78, 5) is 0. The van der Waals surface area contributed by atoms with Crippen molar-refractivity contribution in [2.75, 3.05) is 6.61 Å². The summed E-state index contributed by atoms with van der Waals surface area (Å²) >= 11 is 0. The number of hydrogen-bond donors (Lipinski definition) is 2. The summed E-state index contributed by atoms with van der Waals surface area (Å²) in [6.45, 7) is -0.0732. The fourth-order valence-electron chi connectivity index (χ4n) is 3.97. The molecule has 0 bridgehead atoms. The van der Waals surface area contributed by atoms with Crippen LogP contribution in [0.3, 0.4) is 0 Å². The lowest BCUT2D eigenvalue weighted by Crippen LogP contribution is -2.33. The molecule has 140 valence electrons. The third-order valence-corrected chi connectivity index (χ3v) is 5.66. The van der Waals surface area contributed by atoms with Gasteiger partial charge < -0.3 is 14.9 Å². The van der Waals surface area contributed by atoms with Crippen molar-refractivity contribution in [1.82, 2.24) is 0 Å². The van der Waals surface area contributed by atoms with Crippen LogP contribution in [0.4, 0.5) is 0 Å². The third kappa shape index (κ3) is 4.25. The monoisotopic (exact) mass is 362 g/mol. The van der Waals surface area contributed by atoms with Crippen molar-refractivity contribution in [3.05, 3.63) is 70.3 Å². The molecule has 2 aromatic rings. The maximum atomic E-state index is 10.1. The summed E-state index contributed by atoms with van der Waals surface area (Å²) in [5.41, 5.74) is 5.67. The summed E-state index contributed by atoms with van der Waals surface area (Å²) in [5, 5.41) is 19.5. The molecule has 1 saturated heterocycles. The molecule has 0 spiro atoms. The summed E-state index contributed by atoms with van der Waals surface area (Å²) in [6.07, 6.45) is 9.15. The molecule has 1 aliphatic carbocycles. The van der Waals surface area contributed by atoms with Crippen molar-refractivity contribution in [2.24, 2.45) is 0 Å². The Kier molecular flexibility index (Phi) is 5.31. The number of rotatable bonds is 5. The minimum absolute atomic E-state index is 0.0732. The lowest BCUT2D eigenvalue weighted by Gasteiger charge is -2.32. The molecule has 1 heterocycles. The van der Waals surface area contributed by atoms with Gasteiger partial charge in [0.05, 0.1) is 24.9 Å². The minimum atomic E-state index is -0.452. The van der Waals surface area contributed by atoms with Gasteiger partial charge >= 0.3 is 0 Å². The fraction of sp³-hybridized carbons (Fsp3) is 0.417. The van der Waals surface area contributed by atoms with Gasteiger partial charge in [-0.25, -0.2) is 0 Å². The first-order chi connectivity index (χ1) is 13.2. The van der Waals surface area contributed by atoms with E-state index in [-0.39, 0.29) is 18.8 Å². The van der Waals surface area contributed by atoms with Gasteiger partial charge in [0.2, 0.25) is 0 Å². The molecule has 2 fully saturated rings.